The summed E-state index contributed by atoms with van der Waals surface area (Å²) in [5, 5.41) is 11.5. The molecule has 0 aliphatic heterocycles. The first-order valence-electron chi connectivity index (χ1n) is 4.48. The molecule has 0 bridgehead atoms. The van der Waals surface area contributed by atoms with Crippen LogP contribution in [0.5, 0.6) is 0 Å². The first kappa shape index (κ1) is 9.77. The van der Waals surface area contributed by atoms with Crippen LogP contribution in [0.3, 0.4) is 0 Å². The molecule has 0 amide bonds. The number of aryl methyl sites for hydroxylation is 1. The molecule has 0 spiro atoms. The molecule has 0 radical (unpaired) electrons. The Hall–Kier alpha value is -1.32. The Morgan fingerprint density at radius 2 is 2.46 bits per heavy atom. The van der Waals surface area contributed by atoms with Crippen LogP contribution in [0, 0.1) is 12.3 Å². The number of nitrogens with one attached hydrogen (secondary N) is 1. The second kappa shape index (κ2) is 4.07. The van der Waals surface area contributed by atoms with Crippen LogP contribution in [-0.4, -0.2) is 15.6 Å². The number of rotatable bonds is 4. The molecule has 0 aliphatic rings. The molecule has 3 N–H and O–H groups in total. The van der Waals surface area contributed by atoms with E-state index in [1.54, 1.807) is 0 Å². The lowest BCUT2D eigenvalue weighted by Gasteiger charge is -2.14. The lowest BCUT2D eigenvalue weighted by atomic mass is 10.1. The monoisotopic (exact) mass is 180 g/mol. The fourth-order valence-electron chi connectivity index (χ4n) is 1.32. The summed E-state index contributed by atoms with van der Waals surface area (Å²) in [6.07, 6.45) is 3.46. The minimum absolute atomic E-state index is 0.222. The van der Waals surface area contributed by atoms with Crippen LogP contribution in [0.25, 0.3) is 0 Å². The predicted octanol–water partition coefficient (Wildman–Crippen LogP) is 1.47. The van der Waals surface area contributed by atoms with Crippen molar-refractivity contribution in [2.75, 3.05) is 0 Å². The van der Waals surface area contributed by atoms with Crippen molar-refractivity contribution in [3.8, 4) is 0 Å². The first-order chi connectivity index (χ1) is 6.13. The molecule has 0 saturated heterocycles. The highest BCUT2D eigenvalue weighted by molar-refractivity contribution is 5.77. The maximum atomic E-state index is 7.22. The summed E-state index contributed by atoms with van der Waals surface area (Å²) in [6.45, 7) is 4.03. The van der Waals surface area contributed by atoms with Gasteiger partial charge in [-0.05, 0) is 19.4 Å². The van der Waals surface area contributed by atoms with Crippen molar-refractivity contribution < 1.29 is 0 Å². The van der Waals surface area contributed by atoms with Gasteiger partial charge >= 0.3 is 0 Å². The summed E-state index contributed by atoms with van der Waals surface area (Å²) in [5.74, 6) is 0.222. The van der Waals surface area contributed by atoms with E-state index in [2.05, 4.69) is 12.0 Å². The van der Waals surface area contributed by atoms with Crippen LogP contribution < -0.4 is 5.73 Å². The quantitative estimate of drug-likeness (QED) is 0.544. The van der Waals surface area contributed by atoms with E-state index in [4.69, 9.17) is 11.1 Å². The minimum atomic E-state index is 0.222. The van der Waals surface area contributed by atoms with Gasteiger partial charge in [-0.3, -0.25) is 10.1 Å². The Bertz CT molecular complexity index is 290. The molecular weight excluding hydrogens is 164 g/mol. The number of nitrogens with zero attached hydrogens (tertiary/aromatic N) is 2. The zero-order chi connectivity index (χ0) is 9.84. The maximum absolute atomic E-state index is 7.22. The second-order valence-corrected chi connectivity index (χ2v) is 3.23. The van der Waals surface area contributed by atoms with Gasteiger partial charge in [0.05, 0.1) is 17.6 Å². The molecule has 1 atom stereocenters. The van der Waals surface area contributed by atoms with E-state index in [1.165, 1.54) is 0 Å². The van der Waals surface area contributed by atoms with Gasteiger partial charge in [0.1, 0.15) is 0 Å². The number of aromatic nitrogens is 2. The number of hydrogen-bond donors (Lipinski definition) is 2. The van der Waals surface area contributed by atoms with Crippen molar-refractivity contribution >= 4 is 5.84 Å². The van der Waals surface area contributed by atoms with Crippen LogP contribution in [0.1, 0.15) is 31.5 Å². The van der Waals surface area contributed by atoms with Gasteiger partial charge in [0, 0.05) is 12.6 Å². The zero-order valence-corrected chi connectivity index (χ0v) is 8.12. The van der Waals surface area contributed by atoms with Crippen molar-refractivity contribution in [2.45, 2.75) is 32.7 Å². The Labute approximate surface area is 78.3 Å². The SMILES string of the molecule is CCC(CC(=N)N)n1ccc(C)n1. The fourth-order valence-corrected chi connectivity index (χ4v) is 1.32. The van der Waals surface area contributed by atoms with Crippen LogP contribution in [0.15, 0.2) is 12.3 Å². The van der Waals surface area contributed by atoms with E-state index in [0.717, 1.165) is 12.1 Å². The van der Waals surface area contributed by atoms with Gasteiger partial charge in [-0.15, -0.1) is 0 Å². The van der Waals surface area contributed by atoms with E-state index in [1.807, 2.05) is 23.9 Å². The summed E-state index contributed by atoms with van der Waals surface area (Å²) < 4.78 is 1.89. The van der Waals surface area contributed by atoms with E-state index in [-0.39, 0.29) is 11.9 Å². The molecule has 0 aliphatic carbocycles. The summed E-state index contributed by atoms with van der Waals surface area (Å²) in [6, 6.07) is 2.19. The van der Waals surface area contributed by atoms with E-state index in [9.17, 15) is 0 Å². The highest BCUT2D eigenvalue weighted by atomic mass is 15.3. The van der Waals surface area contributed by atoms with Gasteiger partial charge in [-0.2, -0.15) is 5.10 Å². The number of nitrogens with two attached hydrogens (primary N) is 1. The van der Waals surface area contributed by atoms with Gasteiger partial charge in [0.15, 0.2) is 0 Å². The molecule has 4 nitrogen and oxygen atoms in total. The molecule has 4 heteroatoms. The first-order valence-corrected chi connectivity index (χ1v) is 4.48. The van der Waals surface area contributed by atoms with Gasteiger partial charge < -0.3 is 5.73 Å². The van der Waals surface area contributed by atoms with Crippen LogP contribution in [0.4, 0.5) is 0 Å². The van der Waals surface area contributed by atoms with Gasteiger partial charge in [-0.25, -0.2) is 0 Å². The third-order valence-corrected chi connectivity index (χ3v) is 2.04. The van der Waals surface area contributed by atoms with Crippen molar-refractivity contribution in [1.82, 2.24) is 9.78 Å². The smallest absolute Gasteiger partial charge is 0.0926 e. The lowest BCUT2D eigenvalue weighted by Crippen LogP contribution is -2.18. The summed E-state index contributed by atoms with van der Waals surface area (Å²) in [4.78, 5) is 0. The van der Waals surface area contributed by atoms with Gasteiger partial charge in [0.2, 0.25) is 0 Å². The highest BCUT2D eigenvalue weighted by Gasteiger charge is 2.10. The Balaban J connectivity index is 2.72. The molecule has 1 aromatic rings. The van der Waals surface area contributed by atoms with Crippen molar-refractivity contribution in [3.05, 3.63) is 18.0 Å². The fraction of sp³-hybridized carbons (Fsp3) is 0.556. The molecule has 1 rings (SSSR count). The maximum Gasteiger partial charge on any atom is 0.0926 e. The van der Waals surface area contributed by atoms with Crippen LogP contribution in [-0.2, 0) is 0 Å². The molecule has 0 saturated carbocycles. The standard InChI is InChI=1S/C9H16N4/c1-3-8(6-9(10)11)13-5-4-7(2)12-13/h4-5,8H,3,6H2,1-2H3,(H3,10,11). The largest absolute Gasteiger partial charge is 0.388 e. The number of amidine groups is 1. The molecule has 1 heterocycles. The zero-order valence-electron chi connectivity index (χ0n) is 8.12. The third kappa shape index (κ3) is 2.57. The Kier molecular flexibility index (Phi) is 3.06. The number of hydrogen-bond acceptors (Lipinski definition) is 2. The average Bonchev–Trinajstić information content (AvgIpc) is 2.47. The molecule has 0 aromatic carbocycles. The molecular formula is C9H16N4. The molecule has 1 aromatic heterocycles. The Morgan fingerprint density at radius 1 is 1.77 bits per heavy atom. The molecule has 13 heavy (non-hydrogen) atoms. The van der Waals surface area contributed by atoms with Crippen LogP contribution >= 0.6 is 0 Å². The molecule has 1 unspecified atom stereocenters. The normalized spacial score (nSPS) is 12.8. The predicted molar refractivity (Wildman–Crippen MR) is 52.8 cm³/mol. The highest BCUT2D eigenvalue weighted by Crippen LogP contribution is 2.14. The van der Waals surface area contributed by atoms with E-state index < -0.39 is 0 Å². The summed E-state index contributed by atoms with van der Waals surface area (Å²) in [5.41, 5.74) is 6.36. The van der Waals surface area contributed by atoms with Gasteiger partial charge in [0.25, 0.3) is 0 Å². The van der Waals surface area contributed by atoms with Crippen molar-refractivity contribution in [1.29, 1.82) is 5.41 Å². The van der Waals surface area contributed by atoms with Crippen molar-refractivity contribution in [2.24, 2.45) is 5.73 Å². The third-order valence-electron chi connectivity index (χ3n) is 2.04. The topological polar surface area (TPSA) is 67.7 Å². The van der Waals surface area contributed by atoms with E-state index >= 15 is 0 Å². The van der Waals surface area contributed by atoms with Gasteiger partial charge in [-0.1, -0.05) is 6.92 Å². The summed E-state index contributed by atoms with van der Waals surface area (Å²) >= 11 is 0. The minimum Gasteiger partial charge on any atom is -0.388 e. The Morgan fingerprint density at radius 3 is 2.85 bits per heavy atom. The lowest BCUT2D eigenvalue weighted by molar-refractivity contribution is 0.450. The van der Waals surface area contributed by atoms with Crippen LogP contribution in [0.2, 0.25) is 0 Å². The average molecular weight is 180 g/mol. The van der Waals surface area contributed by atoms with Crippen molar-refractivity contribution in [3.63, 3.8) is 0 Å². The summed E-state index contributed by atoms with van der Waals surface area (Å²) in [7, 11) is 0. The van der Waals surface area contributed by atoms with E-state index in [0.29, 0.717) is 6.42 Å². The second-order valence-electron chi connectivity index (χ2n) is 3.23. The molecule has 0 fully saturated rings. The molecule has 72 valence electrons.